The summed E-state index contributed by atoms with van der Waals surface area (Å²) in [7, 11) is -1.84. The van der Waals surface area contributed by atoms with Crippen molar-refractivity contribution >= 4 is 21.8 Å². The van der Waals surface area contributed by atoms with Gasteiger partial charge in [0, 0.05) is 32.1 Å². The summed E-state index contributed by atoms with van der Waals surface area (Å²) in [6.07, 6.45) is 0.444. The molecule has 0 N–H and O–H groups in total. The van der Waals surface area contributed by atoms with Crippen molar-refractivity contribution in [1.29, 1.82) is 0 Å². The summed E-state index contributed by atoms with van der Waals surface area (Å²) < 4.78 is 57.2. The maximum Gasteiger partial charge on any atom is 0.387 e. The van der Waals surface area contributed by atoms with Crippen LogP contribution in [0.1, 0.15) is 17.9 Å². The number of likely N-dealkylation sites (tertiary alicyclic amines) is 1. The molecular weight excluding hydrogens is 422 g/mol. The molecule has 2 heterocycles. The Labute approximate surface area is 173 Å². The Morgan fingerprint density at radius 1 is 1.07 bits per heavy atom. The third kappa shape index (κ3) is 5.38. The van der Waals surface area contributed by atoms with Gasteiger partial charge in [-0.3, -0.25) is 4.79 Å². The molecule has 2 atom stereocenters. The van der Waals surface area contributed by atoms with Gasteiger partial charge in [0.2, 0.25) is 0 Å². The van der Waals surface area contributed by atoms with Gasteiger partial charge in [0.15, 0.2) is 9.84 Å². The molecule has 0 aliphatic carbocycles. The number of carbonyl (C=O) groups is 2. The van der Waals surface area contributed by atoms with E-state index in [-0.39, 0.29) is 48.8 Å². The van der Waals surface area contributed by atoms with Crippen molar-refractivity contribution in [2.75, 3.05) is 44.8 Å². The first-order chi connectivity index (χ1) is 14.2. The van der Waals surface area contributed by atoms with E-state index in [9.17, 15) is 26.8 Å². The number of hydrogen-bond donors (Lipinski definition) is 0. The Hall–Kier alpha value is -2.43. The lowest BCUT2D eigenvalue weighted by molar-refractivity contribution is -0.147. The van der Waals surface area contributed by atoms with E-state index in [0.717, 1.165) is 5.56 Å². The minimum atomic E-state index is -3.13. The zero-order valence-electron chi connectivity index (χ0n) is 16.5. The molecular formula is C19H24F2N2O6S. The van der Waals surface area contributed by atoms with Gasteiger partial charge in [-0.15, -0.1) is 0 Å². The molecule has 2 aliphatic heterocycles. The maximum atomic E-state index is 13.0. The van der Waals surface area contributed by atoms with E-state index < -0.39 is 28.3 Å². The average molecular weight is 446 g/mol. The molecule has 2 amide bonds. The van der Waals surface area contributed by atoms with Crippen LogP contribution >= 0.6 is 0 Å². The molecule has 2 unspecified atom stereocenters. The number of methoxy groups -OCH3 is 1. The summed E-state index contributed by atoms with van der Waals surface area (Å²) in [5, 5.41) is 0. The third-order valence-corrected chi connectivity index (χ3v) is 7.06. The summed E-state index contributed by atoms with van der Waals surface area (Å²) in [6, 6.07) is 5.80. The molecule has 2 fully saturated rings. The largest absolute Gasteiger partial charge is 0.469 e. The Morgan fingerprint density at radius 2 is 1.70 bits per heavy atom. The van der Waals surface area contributed by atoms with Crippen molar-refractivity contribution in [3.8, 4) is 5.75 Å². The van der Waals surface area contributed by atoms with Crippen LogP contribution in [0.3, 0.4) is 0 Å². The van der Waals surface area contributed by atoms with Gasteiger partial charge in [-0.1, -0.05) is 12.1 Å². The summed E-state index contributed by atoms with van der Waals surface area (Å²) in [4.78, 5) is 28.2. The quantitative estimate of drug-likeness (QED) is 0.654. The fourth-order valence-corrected chi connectivity index (χ4v) is 5.06. The normalized spacial score (nSPS) is 23.9. The number of rotatable bonds is 4. The number of hydrogen-bond acceptors (Lipinski definition) is 6. The fourth-order valence-electron chi connectivity index (χ4n) is 3.86. The van der Waals surface area contributed by atoms with Gasteiger partial charge in [-0.05, 0) is 24.1 Å². The molecule has 8 nitrogen and oxygen atoms in total. The van der Waals surface area contributed by atoms with Crippen LogP contribution in [0.15, 0.2) is 24.3 Å². The lowest BCUT2D eigenvalue weighted by Gasteiger charge is -2.40. The van der Waals surface area contributed by atoms with Gasteiger partial charge in [0.25, 0.3) is 0 Å². The van der Waals surface area contributed by atoms with E-state index in [1.165, 1.54) is 29.0 Å². The van der Waals surface area contributed by atoms with E-state index in [2.05, 4.69) is 4.74 Å². The van der Waals surface area contributed by atoms with Crippen molar-refractivity contribution in [2.24, 2.45) is 5.92 Å². The molecule has 1 aromatic rings. The molecule has 3 rings (SSSR count). The van der Waals surface area contributed by atoms with Crippen LogP contribution in [0.5, 0.6) is 5.75 Å². The zero-order chi connectivity index (χ0) is 21.9. The van der Waals surface area contributed by atoms with E-state index in [4.69, 9.17) is 4.74 Å². The van der Waals surface area contributed by atoms with Crippen molar-refractivity contribution < 1.29 is 36.3 Å². The maximum absolute atomic E-state index is 13.0. The first kappa shape index (κ1) is 22.3. The molecule has 0 bridgehead atoms. The second-order valence-electron chi connectivity index (χ2n) is 7.43. The molecule has 2 aliphatic rings. The number of esters is 1. The molecule has 0 radical (unpaired) electrons. The standard InChI is InChI=1S/C19H24F2N2O6S/c1-28-17(24)15-10-14(13-2-4-16(5-3-13)29-18(20)21)11-23(12-15)19(25)22-6-8-30(26,27)9-7-22/h2-5,14-15,18H,6-12H2,1H3. The Morgan fingerprint density at radius 3 is 2.27 bits per heavy atom. The first-order valence-electron chi connectivity index (χ1n) is 9.55. The minimum absolute atomic E-state index is 0.0246. The number of alkyl halides is 2. The predicted octanol–water partition coefficient (Wildman–Crippen LogP) is 1.72. The van der Waals surface area contributed by atoms with Crippen LogP contribution in [0.2, 0.25) is 0 Å². The van der Waals surface area contributed by atoms with E-state index in [1.54, 1.807) is 12.1 Å². The number of nitrogens with zero attached hydrogens (tertiary/aromatic N) is 2. The lowest BCUT2D eigenvalue weighted by atomic mass is 9.84. The molecule has 0 aromatic heterocycles. The smallest absolute Gasteiger partial charge is 0.387 e. The van der Waals surface area contributed by atoms with Crippen LogP contribution in [0.4, 0.5) is 13.6 Å². The number of sulfone groups is 1. The van der Waals surface area contributed by atoms with Gasteiger partial charge in [0.05, 0.1) is 24.5 Å². The first-order valence-corrected chi connectivity index (χ1v) is 11.4. The SMILES string of the molecule is COC(=O)C1CC(c2ccc(OC(F)F)cc2)CN(C(=O)N2CCS(=O)(=O)CC2)C1. The van der Waals surface area contributed by atoms with Crippen molar-refractivity contribution in [3.05, 3.63) is 29.8 Å². The Kier molecular flexibility index (Phi) is 6.79. The number of halogens is 2. The number of carbonyl (C=O) groups excluding carboxylic acids is 2. The highest BCUT2D eigenvalue weighted by molar-refractivity contribution is 7.91. The van der Waals surface area contributed by atoms with Crippen LogP contribution in [-0.4, -0.2) is 81.6 Å². The highest BCUT2D eigenvalue weighted by Crippen LogP contribution is 2.32. The minimum Gasteiger partial charge on any atom is -0.469 e. The average Bonchev–Trinajstić information content (AvgIpc) is 2.72. The monoisotopic (exact) mass is 446 g/mol. The Bertz CT molecular complexity index is 864. The molecule has 166 valence electrons. The van der Waals surface area contributed by atoms with Crippen molar-refractivity contribution in [3.63, 3.8) is 0 Å². The molecule has 0 saturated carbocycles. The topological polar surface area (TPSA) is 93.2 Å². The third-order valence-electron chi connectivity index (χ3n) is 5.45. The van der Waals surface area contributed by atoms with Crippen LogP contribution in [-0.2, 0) is 19.4 Å². The van der Waals surface area contributed by atoms with Gasteiger partial charge in [-0.2, -0.15) is 8.78 Å². The van der Waals surface area contributed by atoms with Crippen LogP contribution in [0, 0.1) is 5.92 Å². The molecule has 1 aromatic carbocycles. The highest BCUT2D eigenvalue weighted by atomic mass is 32.2. The highest BCUT2D eigenvalue weighted by Gasteiger charge is 2.37. The number of ether oxygens (including phenoxy) is 2. The summed E-state index contributed by atoms with van der Waals surface area (Å²) in [5.41, 5.74) is 0.782. The van der Waals surface area contributed by atoms with Gasteiger partial charge >= 0.3 is 18.6 Å². The summed E-state index contributed by atoms with van der Waals surface area (Å²) >= 11 is 0. The molecule has 11 heteroatoms. The molecule has 2 saturated heterocycles. The fraction of sp³-hybridized carbons (Fsp3) is 0.579. The van der Waals surface area contributed by atoms with Crippen LogP contribution < -0.4 is 4.74 Å². The van der Waals surface area contributed by atoms with Crippen molar-refractivity contribution in [1.82, 2.24) is 9.80 Å². The number of amides is 2. The second kappa shape index (κ2) is 9.15. The molecule has 30 heavy (non-hydrogen) atoms. The predicted molar refractivity (Wildman–Crippen MR) is 103 cm³/mol. The summed E-state index contributed by atoms with van der Waals surface area (Å²) in [6.45, 7) is -2.19. The number of benzene rings is 1. The zero-order valence-corrected chi connectivity index (χ0v) is 17.3. The van der Waals surface area contributed by atoms with E-state index in [0.29, 0.717) is 13.0 Å². The summed E-state index contributed by atoms with van der Waals surface area (Å²) in [5.74, 6) is -1.32. The molecule has 0 spiro atoms. The Balaban J connectivity index is 1.75. The number of urea groups is 1. The van der Waals surface area contributed by atoms with Gasteiger partial charge < -0.3 is 19.3 Å². The van der Waals surface area contributed by atoms with Gasteiger partial charge in [0.1, 0.15) is 5.75 Å². The van der Waals surface area contributed by atoms with E-state index in [1.807, 2.05) is 0 Å². The van der Waals surface area contributed by atoms with Gasteiger partial charge in [-0.25, -0.2) is 13.2 Å². The van der Waals surface area contributed by atoms with Crippen molar-refractivity contribution in [2.45, 2.75) is 19.0 Å². The lowest BCUT2D eigenvalue weighted by Crippen LogP contribution is -2.54. The second-order valence-corrected chi connectivity index (χ2v) is 9.73. The van der Waals surface area contributed by atoms with E-state index >= 15 is 0 Å². The number of piperidine rings is 1. The van der Waals surface area contributed by atoms with Crippen LogP contribution in [0.25, 0.3) is 0 Å².